The Bertz CT molecular complexity index is 399. The summed E-state index contributed by atoms with van der Waals surface area (Å²) < 4.78 is 0. The van der Waals surface area contributed by atoms with E-state index in [1.165, 1.54) is 82.6 Å². The molecule has 0 bridgehead atoms. The second-order valence-electron chi connectivity index (χ2n) is 6.77. The summed E-state index contributed by atoms with van der Waals surface area (Å²) in [4.78, 5) is 8.56. The molecule has 0 radical (unpaired) electrons. The lowest BCUT2D eigenvalue weighted by Gasteiger charge is -2.15. The van der Waals surface area contributed by atoms with E-state index in [1.807, 2.05) is 0 Å². The van der Waals surface area contributed by atoms with Gasteiger partial charge >= 0.3 is 6.16 Å². The molecule has 0 heterocycles. The van der Waals surface area contributed by atoms with Crippen LogP contribution in [0.15, 0.2) is 30.3 Å². The smallest absolute Gasteiger partial charge is 0.450 e. The van der Waals surface area contributed by atoms with Gasteiger partial charge in [0, 0.05) is 0 Å². The van der Waals surface area contributed by atoms with Gasteiger partial charge in [0.25, 0.3) is 0 Å². The summed E-state index contributed by atoms with van der Waals surface area (Å²) in [5.74, 6) is 0.778. The molecule has 0 aromatic heterocycles. The molecule has 0 aliphatic carbocycles. The quantitative estimate of drug-likeness (QED) is 0.358. The van der Waals surface area contributed by atoms with Gasteiger partial charge in [-0.1, -0.05) is 108 Å². The van der Waals surface area contributed by atoms with Crippen LogP contribution >= 0.6 is 0 Å². The summed E-state index contributed by atoms with van der Waals surface area (Å²) in [5.41, 5.74) is 1.54. The molecule has 1 unspecified atom stereocenters. The fourth-order valence-electron chi connectivity index (χ4n) is 3.21. The third-order valence-electron chi connectivity index (χ3n) is 4.67. The summed E-state index contributed by atoms with van der Waals surface area (Å²) in [7, 11) is 0. The highest BCUT2D eigenvalue weighted by Crippen LogP contribution is 2.25. The van der Waals surface area contributed by atoms with Crippen molar-refractivity contribution in [1.29, 1.82) is 0 Å². The van der Waals surface area contributed by atoms with Crippen molar-refractivity contribution in [2.24, 2.45) is 0 Å². The van der Waals surface area contributed by atoms with Crippen molar-refractivity contribution in [2.45, 2.75) is 96.8 Å². The van der Waals surface area contributed by atoms with E-state index in [0.717, 1.165) is 5.92 Å². The number of hydrogen-bond donors (Lipinski definition) is 2. The van der Waals surface area contributed by atoms with E-state index in [2.05, 4.69) is 44.2 Å². The lowest BCUT2D eigenvalue weighted by atomic mass is 9.91. The van der Waals surface area contributed by atoms with E-state index in [9.17, 15) is 0 Å². The molecule has 25 heavy (non-hydrogen) atoms. The summed E-state index contributed by atoms with van der Waals surface area (Å²) >= 11 is 0. The number of unbranched alkanes of at least 4 members (excludes halogenated alkanes) is 9. The number of benzene rings is 1. The largest absolute Gasteiger partial charge is 0.503 e. The molecule has 144 valence electrons. The van der Waals surface area contributed by atoms with Crippen molar-refractivity contribution in [2.75, 3.05) is 0 Å². The second-order valence-corrected chi connectivity index (χ2v) is 6.77. The van der Waals surface area contributed by atoms with Gasteiger partial charge in [0.05, 0.1) is 0 Å². The lowest BCUT2D eigenvalue weighted by Crippen LogP contribution is -1.97. The minimum atomic E-state index is -1.83. The molecule has 1 atom stereocenters. The molecule has 0 aliphatic heterocycles. The maximum Gasteiger partial charge on any atom is 0.503 e. The zero-order chi connectivity index (χ0) is 18.8. The standard InChI is InChI=1S/C21H36.CH2O3/c1-3-5-6-7-8-9-10-11-12-14-17-20(4-2)21-18-15-13-16-19-21;2-1(3)4/h13,15-16,18-20H,3-12,14,17H2,1-2H3;(H2,2,3,4). The van der Waals surface area contributed by atoms with Gasteiger partial charge in [0.1, 0.15) is 0 Å². The van der Waals surface area contributed by atoms with E-state index in [1.54, 1.807) is 0 Å². The molecule has 0 aliphatic rings. The summed E-state index contributed by atoms with van der Waals surface area (Å²) in [6.07, 6.45) is 15.2. The first-order valence-corrected chi connectivity index (χ1v) is 10.1. The Labute approximate surface area is 154 Å². The van der Waals surface area contributed by atoms with Crippen LogP contribution < -0.4 is 0 Å². The second kappa shape index (κ2) is 17.3. The molecule has 1 rings (SSSR count). The molecular weight excluding hydrogens is 312 g/mol. The number of rotatable bonds is 13. The molecule has 1 aromatic rings. The zero-order valence-corrected chi connectivity index (χ0v) is 16.3. The van der Waals surface area contributed by atoms with Crippen molar-refractivity contribution in [1.82, 2.24) is 0 Å². The Hall–Kier alpha value is -1.51. The minimum Gasteiger partial charge on any atom is -0.450 e. The van der Waals surface area contributed by atoms with Gasteiger partial charge in [-0.15, -0.1) is 0 Å². The summed E-state index contributed by atoms with van der Waals surface area (Å²) in [6, 6.07) is 11.1. The summed E-state index contributed by atoms with van der Waals surface area (Å²) in [5, 5.41) is 13.9. The minimum absolute atomic E-state index is 0.778. The van der Waals surface area contributed by atoms with E-state index in [4.69, 9.17) is 15.0 Å². The first kappa shape index (κ1) is 23.5. The molecule has 1 aromatic carbocycles. The van der Waals surface area contributed by atoms with Crippen LogP contribution in [-0.2, 0) is 0 Å². The van der Waals surface area contributed by atoms with Crippen molar-refractivity contribution < 1.29 is 15.0 Å². The topological polar surface area (TPSA) is 57.5 Å². The van der Waals surface area contributed by atoms with Crippen LogP contribution in [-0.4, -0.2) is 16.4 Å². The Morgan fingerprint density at radius 2 is 1.24 bits per heavy atom. The fourth-order valence-corrected chi connectivity index (χ4v) is 3.21. The van der Waals surface area contributed by atoms with Crippen molar-refractivity contribution in [3.05, 3.63) is 35.9 Å². The van der Waals surface area contributed by atoms with Crippen LogP contribution in [0.5, 0.6) is 0 Å². The molecule has 3 nitrogen and oxygen atoms in total. The van der Waals surface area contributed by atoms with Crippen LogP contribution in [0.4, 0.5) is 4.79 Å². The number of carboxylic acid groups (broad SMARTS) is 2. The first-order chi connectivity index (χ1) is 12.1. The van der Waals surface area contributed by atoms with Crippen molar-refractivity contribution >= 4 is 6.16 Å². The SMILES string of the molecule is CCCCCCCCCCCCC(CC)c1ccccc1.O=C(O)O. The molecule has 0 amide bonds. The molecular formula is C22H38O3. The van der Waals surface area contributed by atoms with Crippen LogP contribution in [0, 0.1) is 0 Å². The van der Waals surface area contributed by atoms with E-state index < -0.39 is 6.16 Å². The molecule has 2 N–H and O–H groups in total. The normalized spacial score (nSPS) is 11.4. The fraction of sp³-hybridized carbons (Fsp3) is 0.682. The Morgan fingerprint density at radius 1 is 0.800 bits per heavy atom. The molecule has 0 fully saturated rings. The van der Waals surface area contributed by atoms with Gasteiger partial charge in [-0.05, 0) is 24.3 Å². The predicted octanol–water partition coefficient (Wildman–Crippen LogP) is 7.71. The van der Waals surface area contributed by atoms with Gasteiger partial charge in [-0.2, -0.15) is 0 Å². The third-order valence-corrected chi connectivity index (χ3v) is 4.67. The molecule has 0 saturated carbocycles. The van der Waals surface area contributed by atoms with Crippen molar-refractivity contribution in [3.8, 4) is 0 Å². The molecule has 0 spiro atoms. The van der Waals surface area contributed by atoms with Crippen LogP contribution in [0.2, 0.25) is 0 Å². The van der Waals surface area contributed by atoms with Gasteiger partial charge in [0.2, 0.25) is 0 Å². The van der Waals surface area contributed by atoms with E-state index in [-0.39, 0.29) is 0 Å². The zero-order valence-electron chi connectivity index (χ0n) is 16.3. The molecule has 3 heteroatoms. The van der Waals surface area contributed by atoms with E-state index in [0.29, 0.717) is 0 Å². The average molecular weight is 351 g/mol. The average Bonchev–Trinajstić information content (AvgIpc) is 2.60. The first-order valence-electron chi connectivity index (χ1n) is 10.1. The monoisotopic (exact) mass is 350 g/mol. The maximum absolute atomic E-state index is 8.56. The highest BCUT2D eigenvalue weighted by Gasteiger charge is 2.07. The Morgan fingerprint density at radius 3 is 1.68 bits per heavy atom. The summed E-state index contributed by atoms with van der Waals surface area (Å²) in [6.45, 7) is 4.62. The van der Waals surface area contributed by atoms with Crippen LogP contribution in [0.1, 0.15) is 102 Å². The Kier molecular flexibility index (Phi) is 16.3. The van der Waals surface area contributed by atoms with Crippen LogP contribution in [0.3, 0.4) is 0 Å². The lowest BCUT2D eigenvalue weighted by molar-refractivity contribution is 0.137. The molecule has 0 saturated heterocycles. The van der Waals surface area contributed by atoms with Crippen LogP contribution in [0.25, 0.3) is 0 Å². The Balaban J connectivity index is 0.00000129. The van der Waals surface area contributed by atoms with Gasteiger partial charge < -0.3 is 10.2 Å². The van der Waals surface area contributed by atoms with E-state index >= 15 is 0 Å². The number of hydrogen-bond acceptors (Lipinski definition) is 1. The highest BCUT2D eigenvalue weighted by atomic mass is 16.6. The van der Waals surface area contributed by atoms with Gasteiger partial charge in [0.15, 0.2) is 0 Å². The maximum atomic E-state index is 8.56. The highest BCUT2D eigenvalue weighted by molar-refractivity contribution is 5.53. The predicted molar refractivity (Wildman–Crippen MR) is 107 cm³/mol. The van der Waals surface area contributed by atoms with Crippen molar-refractivity contribution in [3.63, 3.8) is 0 Å². The number of carbonyl (C=O) groups is 1. The third kappa shape index (κ3) is 15.7. The van der Waals surface area contributed by atoms with Gasteiger partial charge in [-0.25, -0.2) is 4.79 Å². The van der Waals surface area contributed by atoms with Gasteiger partial charge in [-0.3, -0.25) is 0 Å².